The Hall–Kier alpha value is -1.29. The van der Waals surface area contributed by atoms with Gasteiger partial charge in [-0.25, -0.2) is 0 Å². The lowest BCUT2D eigenvalue weighted by molar-refractivity contribution is -0.128. The number of nitrogens with zero attached hydrogens (tertiary/aromatic N) is 1. The summed E-state index contributed by atoms with van der Waals surface area (Å²) in [6, 6.07) is 3.96. The minimum absolute atomic E-state index is 0.149. The van der Waals surface area contributed by atoms with Crippen molar-refractivity contribution in [1.29, 1.82) is 0 Å². The van der Waals surface area contributed by atoms with E-state index in [1.165, 1.54) is 0 Å². The molecule has 0 saturated carbocycles. The zero-order valence-electron chi connectivity index (χ0n) is 12.8. The third kappa shape index (κ3) is 4.37. The molecule has 1 aromatic heterocycles. The van der Waals surface area contributed by atoms with Gasteiger partial charge >= 0.3 is 0 Å². The Kier molecular flexibility index (Phi) is 4.86. The van der Waals surface area contributed by atoms with E-state index in [2.05, 4.69) is 10.2 Å². The van der Waals surface area contributed by atoms with Crippen LogP contribution >= 0.6 is 0 Å². The van der Waals surface area contributed by atoms with Gasteiger partial charge in [-0.3, -0.25) is 9.69 Å². The summed E-state index contributed by atoms with van der Waals surface area (Å²) in [5.41, 5.74) is -0.292. The lowest BCUT2D eigenvalue weighted by Crippen LogP contribution is -2.41. The molecule has 1 aromatic rings. The number of piperidine rings is 1. The molecule has 1 amide bonds. The predicted octanol–water partition coefficient (Wildman–Crippen LogP) is 2.65. The molecule has 0 spiro atoms. The van der Waals surface area contributed by atoms with Crippen LogP contribution in [-0.4, -0.2) is 30.4 Å². The maximum absolute atomic E-state index is 11.8. The first-order chi connectivity index (χ1) is 9.45. The van der Waals surface area contributed by atoms with Gasteiger partial charge in [-0.05, 0) is 44.0 Å². The molecular formula is C16H26N2O2. The van der Waals surface area contributed by atoms with Crippen LogP contribution in [0.1, 0.15) is 39.4 Å². The first-order valence-electron chi connectivity index (χ1n) is 7.48. The minimum atomic E-state index is -0.292. The van der Waals surface area contributed by atoms with E-state index in [1.807, 2.05) is 32.9 Å². The van der Waals surface area contributed by atoms with Crippen LogP contribution in [0.2, 0.25) is 0 Å². The second-order valence-corrected chi connectivity index (χ2v) is 6.76. The van der Waals surface area contributed by atoms with Crippen LogP contribution in [0.4, 0.5) is 0 Å². The van der Waals surface area contributed by atoms with Crippen LogP contribution in [-0.2, 0) is 11.3 Å². The van der Waals surface area contributed by atoms with Crippen LogP contribution in [0.15, 0.2) is 22.8 Å². The number of amides is 1. The first-order valence-corrected chi connectivity index (χ1v) is 7.48. The summed E-state index contributed by atoms with van der Waals surface area (Å²) in [4.78, 5) is 14.3. The Morgan fingerprint density at radius 1 is 1.40 bits per heavy atom. The summed E-state index contributed by atoms with van der Waals surface area (Å²) in [5, 5.41) is 3.08. The van der Waals surface area contributed by atoms with Gasteiger partial charge in [0.15, 0.2) is 0 Å². The van der Waals surface area contributed by atoms with Gasteiger partial charge in [0.25, 0.3) is 0 Å². The molecule has 4 nitrogen and oxygen atoms in total. The van der Waals surface area contributed by atoms with Crippen molar-refractivity contribution in [1.82, 2.24) is 10.2 Å². The van der Waals surface area contributed by atoms with Gasteiger partial charge < -0.3 is 9.73 Å². The van der Waals surface area contributed by atoms with E-state index in [-0.39, 0.29) is 11.3 Å². The van der Waals surface area contributed by atoms with E-state index < -0.39 is 0 Å². The second-order valence-electron chi connectivity index (χ2n) is 6.76. The Morgan fingerprint density at radius 2 is 2.10 bits per heavy atom. The fourth-order valence-corrected chi connectivity index (χ4v) is 2.47. The quantitative estimate of drug-likeness (QED) is 0.921. The molecule has 0 radical (unpaired) electrons. The largest absolute Gasteiger partial charge is 0.468 e. The van der Waals surface area contributed by atoms with Crippen LogP contribution < -0.4 is 5.32 Å². The summed E-state index contributed by atoms with van der Waals surface area (Å²) < 4.78 is 5.38. The molecule has 4 heteroatoms. The lowest BCUT2D eigenvalue weighted by Gasteiger charge is -2.32. The van der Waals surface area contributed by atoms with Gasteiger partial charge in [-0.1, -0.05) is 20.8 Å². The molecule has 2 rings (SSSR count). The Balaban J connectivity index is 1.68. The van der Waals surface area contributed by atoms with E-state index in [4.69, 9.17) is 4.42 Å². The van der Waals surface area contributed by atoms with E-state index in [0.29, 0.717) is 5.92 Å². The second kappa shape index (κ2) is 6.44. The van der Waals surface area contributed by atoms with Crippen LogP contribution in [0.5, 0.6) is 0 Å². The Labute approximate surface area is 121 Å². The van der Waals surface area contributed by atoms with Crippen molar-refractivity contribution >= 4 is 5.91 Å². The highest BCUT2D eigenvalue weighted by Crippen LogP contribution is 2.19. The van der Waals surface area contributed by atoms with Gasteiger partial charge in [-0.15, -0.1) is 0 Å². The summed E-state index contributed by atoms with van der Waals surface area (Å²) >= 11 is 0. The average Bonchev–Trinajstić information content (AvgIpc) is 2.89. The summed E-state index contributed by atoms with van der Waals surface area (Å²) in [5.74, 6) is 1.79. The smallest absolute Gasteiger partial charge is 0.225 e. The summed E-state index contributed by atoms with van der Waals surface area (Å²) in [7, 11) is 0. The molecule has 1 aliphatic heterocycles. The van der Waals surface area contributed by atoms with Crippen molar-refractivity contribution in [2.24, 2.45) is 11.3 Å². The molecule has 0 aromatic carbocycles. The first kappa shape index (κ1) is 15.1. The van der Waals surface area contributed by atoms with E-state index in [0.717, 1.165) is 44.8 Å². The number of nitrogens with one attached hydrogen (secondary N) is 1. The van der Waals surface area contributed by atoms with Crippen molar-refractivity contribution in [3.05, 3.63) is 24.2 Å². The van der Waals surface area contributed by atoms with E-state index in [1.54, 1.807) is 6.26 Å². The maximum atomic E-state index is 11.8. The van der Waals surface area contributed by atoms with Gasteiger partial charge in [0.1, 0.15) is 5.76 Å². The normalized spacial score (nSPS) is 18.1. The zero-order valence-corrected chi connectivity index (χ0v) is 12.8. The van der Waals surface area contributed by atoms with Crippen LogP contribution in [0, 0.1) is 11.3 Å². The number of hydrogen-bond donors (Lipinski definition) is 1. The van der Waals surface area contributed by atoms with Crippen molar-refractivity contribution in [2.45, 2.75) is 40.2 Å². The molecule has 0 unspecified atom stereocenters. The number of furan rings is 1. The molecular weight excluding hydrogens is 252 g/mol. The van der Waals surface area contributed by atoms with Crippen molar-refractivity contribution in [2.75, 3.05) is 19.6 Å². The van der Waals surface area contributed by atoms with Gasteiger partial charge in [0.05, 0.1) is 12.8 Å². The SMILES string of the molecule is CC(C)(C)C(=O)NCC1CCN(Cc2ccco2)CC1. The monoisotopic (exact) mass is 278 g/mol. The molecule has 112 valence electrons. The average molecular weight is 278 g/mol. The zero-order chi connectivity index (χ0) is 14.6. The standard InChI is InChI=1S/C16H26N2O2/c1-16(2,3)15(19)17-11-13-6-8-18(9-7-13)12-14-5-4-10-20-14/h4-5,10,13H,6-9,11-12H2,1-3H3,(H,17,19). The Bertz CT molecular complexity index is 412. The molecule has 0 atom stereocenters. The van der Waals surface area contributed by atoms with Gasteiger partial charge in [0.2, 0.25) is 5.91 Å². The molecule has 20 heavy (non-hydrogen) atoms. The summed E-state index contributed by atoms with van der Waals surface area (Å²) in [6.07, 6.45) is 4.01. The lowest BCUT2D eigenvalue weighted by atomic mass is 9.93. The molecule has 1 N–H and O–H groups in total. The minimum Gasteiger partial charge on any atom is -0.468 e. The highest BCUT2D eigenvalue weighted by Gasteiger charge is 2.24. The number of hydrogen-bond acceptors (Lipinski definition) is 3. The number of likely N-dealkylation sites (tertiary alicyclic amines) is 1. The molecule has 2 heterocycles. The number of carbonyl (C=O) groups excluding carboxylic acids is 1. The number of rotatable bonds is 4. The summed E-state index contributed by atoms with van der Waals surface area (Å²) in [6.45, 7) is 9.73. The van der Waals surface area contributed by atoms with Gasteiger partial charge in [-0.2, -0.15) is 0 Å². The Morgan fingerprint density at radius 3 is 2.65 bits per heavy atom. The molecule has 1 aliphatic rings. The highest BCUT2D eigenvalue weighted by atomic mass is 16.3. The predicted molar refractivity (Wildman–Crippen MR) is 79.2 cm³/mol. The van der Waals surface area contributed by atoms with Crippen molar-refractivity contribution < 1.29 is 9.21 Å². The third-order valence-corrected chi connectivity index (χ3v) is 3.90. The maximum Gasteiger partial charge on any atom is 0.225 e. The topological polar surface area (TPSA) is 45.5 Å². The van der Waals surface area contributed by atoms with Crippen molar-refractivity contribution in [3.8, 4) is 0 Å². The molecule has 0 bridgehead atoms. The highest BCUT2D eigenvalue weighted by molar-refractivity contribution is 5.81. The van der Waals surface area contributed by atoms with E-state index in [9.17, 15) is 4.79 Å². The van der Waals surface area contributed by atoms with Gasteiger partial charge in [0, 0.05) is 12.0 Å². The number of carbonyl (C=O) groups is 1. The third-order valence-electron chi connectivity index (χ3n) is 3.90. The van der Waals surface area contributed by atoms with Crippen molar-refractivity contribution in [3.63, 3.8) is 0 Å². The van der Waals surface area contributed by atoms with Crippen LogP contribution in [0.3, 0.4) is 0 Å². The fraction of sp³-hybridized carbons (Fsp3) is 0.688. The van der Waals surface area contributed by atoms with Crippen LogP contribution in [0.25, 0.3) is 0 Å². The molecule has 1 saturated heterocycles. The molecule has 0 aliphatic carbocycles. The molecule has 1 fully saturated rings. The fourth-order valence-electron chi connectivity index (χ4n) is 2.47. The van der Waals surface area contributed by atoms with E-state index >= 15 is 0 Å².